The van der Waals surface area contributed by atoms with Gasteiger partial charge in [0.2, 0.25) is 5.91 Å². The summed E-state index contributed by atoms with van der Waals surface area (Å²) >= 11 is 1.32. The molecule has 0 saturated carbocycles. The number of hydrogen-bond donors (Lipinski definition) is 6. The van der Waals surface area contributed by atoms with Crippen molar-refractivity contribution in [3.8, 4) is 16.9 Å². The Morgan fingerprint density at radius 2 is 1.50 bits per heavy atom. The number of nitrogens with one attached hydrogen (secondary N) is 2. The Bertz CT molecular complexity index is 1210. The molecule has 2 aromatic rings. The van der Waals surface area contributed by atoms with Gasteiger partial charge in [0, 0.05) is 24.0 Å². The Morgan fingerprint density at radius 1 is 0.932 bits per heavy atom. The van der Waals surface area contributed by atoms with Crippen LogP contribution in [0.3, 0.4) is 0 Å². The molecule has 44 heavy (non-hydrogen) atoms. The molecule has 242 valence electrons. The number of benzene rings is 1. The first-order valence-electron chi connectivity index (χ1n) is 13.1. The van der Waals surface area contributed by atoms with Crippen molar-refractivity contribution in [3.05, 3.63) is 35.2 Å². The number of carbonyl (C=O) groups is 6. The van der Waals surface area contributed by atoms with Gasteiger partial charge in [-0.3, -0.25) is 9.69 Å². The van der Waals surface area contributed by atoms with Crippen LogP contribution < -0.4 is 15.4 Å². The minimum atomic E-state index is -1.82. The maximum absolute atomic E-state index is 12.7. The first-order chi connectivity index (χ1) is 20.9. The molecular weight excluding hydrogens is 606 g/mol. The Labute approximate surface area is 256 Å². The van der Waals surface area contributed by atoms with E-state index < -0.39 is 29.8 Å². The van der Waals surface area contributed by atoms with Crippen molar-refractivity contribution in [1.29, 1.82) is 0 Å². The second kappa shape index (κ2) is 20.3. The third-order valence-corrected chi connectivity index (χ3v) is 6.40. The van der Waals surface area contributed by atoms with E-state index in [1.807, 2.05) is 29.6 Å². The lowest BCUT2D eigenvalue weighted by atomic mass is 10.0. The third kappa shape index (κ3) is 14.1. The zero-order valence-corrected chi connectivity index (χ0v) is 24.9. The molecule has 0 unspecified atom stereocenters. The first kappa shape index (κ1) is 37.4. The molecule has 2 heterocycles. The van der Waals surface area contributed by atoms with E-state index in [1.165, 1.54) is 11.3 Å². The van der Waals surface area contributed by atoms with Crippen molar-refractivity contribution in [3.63, 3.8) is 0 Å². The molecule has 1 fully saturated rings. The number of esters is 1. The van der Waals surface area contributed by atoms with E-state index in [0.29, 0.717) is 10.6 Å². The van der Waals surface area contributed by atoms with Gasteiger partial charge in [-0.25, -0.2) is 24.0 Å². The number of anilines is 1. The summed E-state index contributed by atoms with van der Waals surface area (Å²) in [5.74, 6) is -7.21. The number of morpholine rings is 1. The van der Waals surface area contributed by atoms with Crippen LogP contribution in [0.1, 0.15) is 23.7 Å². The average molecular weight is 642 g/mol. The molecule has 6 N–H and O–H groups in total. The molecule has 17 heteroatoms. The zero-order chi connectivity index (χ0) is 33.1. The first-order valence-corrected chi connectivity index (χ1v) is 13.9. The molecule has 1 aromatic heterocycles. The number of methoxy groups -OCH3 is 1. The van der Waals surface area contributed by atoms with Crippen molar-refractivity contribution in [2.24, 2.45) is 0 Å². The summed E-state index contributed by atoms with van der Waals surface area (Å²) in [7, 11) is 1.61. The van der Waals surface area contributed by atoms with Crippen LogP contribution in [0.5, 0.6) is 5.75 Å². The molecule has 16 nitrogen and oxygen atoms in total. The molecule has 1 aliphatic rings. The summed E-state index contributed by atoms with van der Waals surface area (Å²) in [4.78, 5) is 63.9. The number of carboxylic acids is 4. The number of aliphatic carboxylic acids is 4. The van der Waals surface area contributed by atoms with Gasteiger partial charge in [-0.1, -0.05) is 12.1 Å². The largest absolute Gasteiger partial charge is 0.497 e. The van der Waals surface area contributed by atoms with E-state index in [4.69, 9.17) is 53.8 Å². The summed E-state index contributed by atoms with van der Waals surface area (Å²) in [5.41, 5.74) is 1.96. The van der Waals surface area contributed by atoms with Crippen LogP contribution in [0.25, 0.3) is 11.1 Å². The highest BCUT2D eigenvalue weighted by Crippen LogP contribution is 2.36. The Balaban J connectivity index is 0.000000681. The van der Waals surface area contributed by atoms with Crippen molar-refractivity contribution >= 4 is 52.1 Å². The van der Waals surface area contributed by atoms with Gasteiger partial charge in [-0.15, -0.1) is 11.3 Å². The lowest BCUT2D eigenvalue weighted by Crippen LogP contribution is -2.38. The van der Waals surface area contributed by atoms with Crippen LogP contribution in [0, 0.1) is 0 Å². The van der Waals surface area contributed by atoms with Crippen LogP contribution in [0.2, 0.25) is 0 Å². The number of nitrogens with zero attached hydrogens (tertiary/aromatic N) is 1. The van der Waals surface area contributed by atoms with Crippen LogP contribution in [-0.2, 0) is 33.4 Å². The summed E-state index contributed by atoms with van der Waals surface area (Å²) in [6.45, 7) is 7.44. The van der Waals surface area contributed by atoms with Crippen molar-refractivity contribution < 1.29 is 63.4 Å². The van der Waals surface area contributed by atoms with Gasteiger partial charge < -0.3 is 45.3 Å². The molecule has 0 radical (unpaired) electrons. The lowest BCUT2D eigenvalue weighted by molar-refractivity contribution is -0.159. The number of carboxylic acid groups (broad SMARTS) is 4. The smallest absolute Gasteiger partial charge is 0.414 e. The highest BCUT2D eigenvalue weighted by molar-refractivity contribution is 7.15. The third-order valence-electron chi connectivity index (χ3n) is 5.51. The van der Waals surface area contributed by atoms with E-state index in [1.54, 1.807) is 14.0 Å². The fourth-order valence-electron chi connectivity index (χ4n) is 3.46. The average Bonchev–Trinajstić information content (AvgIpc) is 3.41. The molecule has 1 saturated heterocycles. The van der Waals surface area contributed by atoms with Gasteiger partial charge in [0.1, 0.15) is 16.3 Å². The number of amides is 1. The van der Waals surface area contributed by atoms with E-state index in [9.17, 15) is 9.59 Å². The maximum Gasteiger partial charge on any atom is 0.414 e. The summed E-state index contributed by atoms with van der Waals surface area (Å²) in [6, 6.07) is 7.43. The monoisotopic (exact) mass is 641 g/mol. The molecule has 3 rings (SSSR count). The maximum atomic E-state index is 12.7. The lowest BCUT2D eigenvalue weighted by Gasteiger charge is -2.26. The van der Waals surface area contributed by atoms with E-state index in [2.05, 4.69) is 15.5 Å². The van der Waals surface area contributed by atoms with Gasteiger partial charge >= 0.3 is 29.8 Å². The second-order valence-corrected chi connectivity index (χ2v) is 9.44. The minimum Gasteiger partial charge on any atom is -0.497 e. The van der Waals surface area contributed by atoms with Gasteiger partial charge in [-0.2, -0.15) is 0 Å². The summed E-state index contributed by atoms with van der Waals surface area (Å²) in [6.07, 6.45) is 0.960. The second-order valence-electron chi connectivity index (χ2n) is 8.56. The van der Waals surface area contributed by atoms with E-state index in [-0.39, 0.29) is 19.1 Å². The highest BCUT2D eigenvalue weighted by Gasteiger charge is 2.23. The fourth-order valence-corrected chi connectivity index (χ4v) is 4.44. The fraction of sp³-hybridized carbons (Fsp3) is 0.407. The Hall–Kier alpha value is -4.58. The van der Waals surface area contributed by atoms with Gasteiger partial charge in [-0.05, 0) is 44.1 Å². The normalized spacial score (nSPS) is 12.3. The molecule has 0 spiro atoms. The molecule has 1 aromatic carbocycles. The van der Waals surface area contributed by atoms with Crippen LogP contribution in [0.15, 0.2) is 29.6 Å². The SMILES string of the molecule is CCOC(=O)c1c(-c2ccc(OC)cc2)csc1NC(=O)CNCCCN1CCOCC1.O=C(O)C(=O)O.O=C(O)C(=O)O. The van der Waals surface area contributed by atoms with Crippen LogP contribution >= 0.6 is 11.3 Å². The standard InChI is InChI=1S/C23H31N3O5S.2C2H2O4/c1-3-31-23(28)21-19(17-5-7-18(29-2)8-6-17)16-32-22(21)25-20(27)15-24-9-4-10-26-11-13-30-14-12-26;2*3-1(4)2(5)6/h5-8,16,24H,3-4,9-15H2,1-2H3,(H,25,27);2*(H,3,4)(H,5,6). The number of carbonyl (C=O) groups excluding carboxylic acids is 2. The number of hydrogen-bond acceptors (Lipinski definition) is 12. The van der Waals surface area contributed by atoms with E-state index in [0.717, 1.165) is 62.7 Å². The minimum absolute atomic E-state index is 0.182. The topological polar surface area (TPSA) is 238 Å². The number of ether oxygens (including phenoxy) is 3. The van der Waals surface area contributed by atoms with Gasteiger partial charge in [0.25, 0.3) is 0 Å². The predicted octanol–water partition coefficient (Wildman–Crippen LogP) is 1.16. The highest BCUT2D eigenvalue weighted by atomic mass is 32.1. The molecular formula is C27H35N3O13S. The van der Waals surface area contributed by atoms with E-state index >= 15 is 0 Å². The van der Waals surface area contributed by atoms with Crippen molar-refractivity contribution in [2.45, 2.75) is 13.3 Å². The number of rotatable bonds is 11. The molecule has 1 amide bonds. The quantitative estimate of drug-likeness (QED) is 0.115. The summed E-state index contributed by atoms with van der Waals surface area (Å²) < 4.78 is 15.8. The van der Waals surface area contributed by atoms with Crippen molar-refractivity contribution in [2.75, 3.05) is 65.0 Å². The Morgan fingerprint density at radius 3 is 2.00 bits per heavy atom. The molecule has 0 aliphatic carbocycles. The molecule has 0 atom stereocenters. The predicted molar refractivity (Wildman–Crippen MR) is 156 cm³/mol. The molecule has 0 bridgehead atoms. The molecule has 1 aliphatic heterocycles. The van der Waals surface area contributed by atoms with Crippen molar-refractivity contribution in [1.82, 2.24) is 10.2 Å². The van der Waals surface area contributed by atoms with Gasteiger partial charge in [0.15, 0.2) is 0 Å². The number of thiophene rings is 1. The zero-order valence-electron chi connectivity index (χ0n) is 24.1. The summed E-state index contributed by atoms with van der Waals surface area (Å²) in [5, 5.41) is 38.0. The van der Waals surface area contributed by atoms with Crippen LogP contribution in [0.4, 0.5) is 5.00 Å². The Kier molecular flexibility index (Phi) is 17.3. The van der Waals surface area contributed by atoms with Gasteiger partial charge in [0.05, 0.1) is 33.5 Å². The van der Waals surface area contributed by atoms with Crippen LogP contribution in [-0.4, -0.2) is 121 Å².